The Morgan fingerprint density at radius 2 is 2.29 bits per heavy atom. The van der Waals surface area contributed by atoms with Gasteiger partial charge in [-0.25, -0.2) is 8.42 Å². The second-order valence-electron chi connectivity index (χ2n) is 3.82. The molecule has 2 unspecified atom stereocenters. The largest absolute Gasteiger partial charge is 0.380 e. The van der Waals surface area contributed by atoms with Crippen LogP contribution < -0.4 is 5.73 Å². The lowest BCUT2D eigenvalue weighted by atomic mass is 10.2. The van der Waals surface area contributed by atoms with Gasteiger partial charge in [-0.1, -0.05) is 0 Å². The van der Waals surface area contributed by atoms with Crippen molar-refractivity contribution in [2.45, 2.75) is 36.7 Å². The second-order valence-corrected chi connectivity index (χ2v) is 6.47. The van der Waals surface area contributed by atoms with Crippen LogP contribution >= 0.6 is 0 Å². The van der Waals surface area contributed by atoms with E-state index < -0.39 is 9.84 Å². The van der Waals surface area contributed by atoms with E-state index >= 15 is 0 Å². The minimum atomic E-state index is -3.03. The van der Waals surface area contributed by atoms with Crippen molar-refractivity contribution in [2.75, 3.05) is 19.8 Å². The van der Waals surface area contributed by atoms with Gasteiger partial charge in [0.05, 0.1) is 17.1 Å². The summed E-state index contributed by atoms with van der Waals surface area (Å²) in [5, 5.41) is -0.642. The van der Waals surface area contributed by atoms with E-state index in [0.717, 1.165) is 12.8 Å². The Morgan fingerprint density at radius 3 is 2.79 bits per heavy atom. The molecule has 1 fully saturated rings. The Bertz CT molecular complexity index is 257. The van der Waals surface area contributed by atoms with Crippen LogP contribution in [-0.4, -0.2) is 38.7 Å². The summed E-state index contributed by atoms with van der Waals surface area (Å²) in [6, 6.07) is 0. The maximum atomic E-state index is 11.9. The molecular weight excluding hydrogens is 202 g/mol. The van der Waals surface area contributed by atoms with Crippen LogP contribution in [0.4, 0.5) is 0 Å². The van der Waals surface area contributed by atoms with E-state index in [2.05, 4.69) is 0 Å². The fourth-order valence-corrected chi connectivity index (χ4v) is 3.60. The van der Waals surface area contributed by atoms with Gasteiger partial charge in [-0.15, -0.1) is 0 Å². The topological polar surface area (TPSA) is 69.4 Å². The summed E-state index contributed by atoms with van der Waals surface area (Å²) >= 11 is 0. The van der Waals surface area contributed by atoms with Crippen molar-refractivity contribution in [1.29, 1.82) is 0 Å². The highest BCUT2D eigenvalue weighted by atomic mass is 32.2. The van der Waals surface area contributed by atoms with E-state index in [1.165, 1.54) is 0 Å². The molecule has 0 aliphatic carbocycles. The molecular formula is C9H19NO3S. The van der Waals surface area contributed by atoms with Gasteiger partial charge in [-0.05, 0) is 32.7 Å². The first-order chi connectivity index (χ1) is 6.59. The van der Waals surface area contributed by atoms with Gasteiger partial charge in [0.25, 0.3) is 0 Å². The predicted octanol–water partition coefficient (Wildman–Crippen LogP) is 0.317. The Hall–Kier alpha value is -0.130. The van der Waals surface area contributed by atoms with E-state index in [4.69, 9.17) is 10.5 Å². The Labute approximate surface area is 85.7 Å². The first-order valence-corrected chi connectivity index (χ1v) is 6.70. The number of ether oxygens (including phenoxy) is 1. The first-order valence-electron chi connectivity index (χ1n) is 5.09. The van der Waals surface area contributed by atoms with Gasteiger partial charge in [-0.3, -0.25) is 0 Å². The fourth-order valence-electron chi connectivity index (χ4n) is 1.70. The molecule has 84 valence electrons. The minimum absolute atomic E-state index is 0.308. The van der Waals surface area contributed by atoms with E-state index in [1.807, 2.05) is 0 Å². The lowest BCUT2D eigenvalue weighted by Gasteiger charge is -2.25. The summed E-state index contributed by atoms with van der Waals surface area (Å²) in [6.45, 7) is 3.21. The third kappa shape index (κ3) is 2.68. The normalized spacial score (nSPS) is 26.0. The average molecular weight is 221 g/mol. The fraction of sp³-hybridized carbons (Fsp3) is 1.00. The number of nitrogens with two attached hydrogens (primary N) is 1. The van der Waals surface area contributed by atoms with E-state index in [-0.39, 0.29) is 10.5 Å². The highest BCUT2D eigenvalue weighted by molar-refractivity contribution is 7.92. The summed E-state index contributed by atoms with van der Waals surface area (Å²) in [7, 11) is -3.03. The van der Waals surface area contributed by atoms with Crippen LogP contribution in [0.5, 0.6) is 0 Å². The Morgan fingerprint density at radius 1 is 1.57 bits per heavy atom. The van der Waals surface area contributed by atoms with Crippen LogP contribution in [0.25, 0.3) is 0 Å². The maximum absolute atomic E-state index is 11.9. The highest BCUT2D eigenvalue weighted by Gasteiger charge is 2.32. The Kier molecular flexibility index (Phi) is 4.34. The van der Waals surface area contributed by atoms with Crippen molar-refractivity contribution < 1.29 is 13.2 Å². The van der Waals surface area contributed by atoms with Crippen molar-refractivity contribution in [3.8, 4) is 0 Å². The van der Waals surface area contributed by atoms with Crippen LogP contribution in [-0.2, 0) is 14.6 Å². The number of hydrogen-bond donors (Lipinski definition) is 1. The molecule has 2 atom stereocenters. The summed E-state index contributed by atoms with van der Waals surface area (Å²) in [4.78, 5) is 0. The zero-order valence-electron chi connectivity index (χ0n) is 8.61. The summed E-state index contributed by atoms with van der Waals surface area (Å²) < 4.78 is 29.1. The zero-order valence-corrected chi connectivity index (χ0v) is 9.42. The van der Waals surface area contributed by atoms with Crippen molar-refractivity contribution in [3.05, 3.63) is 0 Å². The van der Waals surface area contributed by atoms with Gasteiger partial charge >= 0.3 is 0 Å². The molecule has 0 bridgehead atoms. The first kappa shape index (κ1) is 11.9. The van der Waals surface area contributed by atoms with Gasteiger partial charge in [0.15, 0.2) is 9.84 Å². The SMILES string of the molecule is CC(CCN)S(=O)(=O)C1CCCOC1. The molecule has 0 aromatic heterocycles. The van der Waals surface area contributed by atoms with Crippen LogP contribution in [0, 0.1) is 0 Å². The predicted molar refractivity (Wildman–Crippen MR) is 55.9 cm³/mol. The van der Waals surface area contributed by atoms with E-state index in [1.54, 1.807) is 6.92 Å². The third-order valence-electron chi connectivity index (χ3n) is 2.72. The van der Waals surface area contributed by atoms with Crippen LogP contribution in [0.3, 0.4) is 0 Å². The lowest BCUT2D eigenvalue weighted by Crippen LogP contribution is -2.37. The van der Waals surface area contributed by atoms with Gasteiger partial charge in [0.1, 0.15) is 0 Å². The van der Waals surface area contributed by atoms with E-state index in [0.29, 0.717) is 26.2 Å². The molecule has 5 heteroatoms. The summed E-state index contributed by atoms with van der Waals surface area (Å²) in [6.07, 6.45) is 2.12. The second kappa shape index (κ2) is 5.09. The summed E-state index contributed by atoms with van der Waals surface area (Å²) in [5.74, 6) is 0. The molecule has 1 heterocycles. The van der Waals surface area contributed by atoms with Crippen molar-refractivity contribution in [3.63, 3.8) is 0 Å². The number of sulfone groups is 1. The average Bonchev–Trinajstić information content (AvgIpc) is 2.19. The van der Waals surface area contributed by atoms with Crippen molar-refractivity contribution >= 4 is 9.84 Å². The van der Waals surface area contributed by atoms with Crippen LogP contribution in [0.15, 0.2) is 0 Å². The molecule has 1 aliphatic heterocycles. The quantitative estimate of drug-likeness (QED) is 0.742. The molecule has 1 saturated heterocycles. The molecule has 1 aliphatic rings. The molecule has 1 rings (SSSR count). The van der Waals surface area contributed by atoms with Gasteiger partial charge < -0.3 is 10.5 Å². The molecule has 14 heavy (non-hydrogen) atoms. The summed E-state index contributed by atoms with van der Waals surface area (Å²) in [5.41, 5.74) is 5.36. The number of hydrogen-bond acceptors (Lipinski definition) is 4. The monoisotopic (exact) mass is 221 g/mol. The van der Waals surface area contributed by atoms with Crippen LogP contribution in [0.2, 0.25) is 0 Å². The van der Waals surface area contributed by atoms with Crippen molar-refractivity contribution in [1.82, 2.24) is 0 Å². The molecule has 0 saturated carbocycles. The molecule has 0 amide bonds. The maximum Gasteiger partial charge on any atom is 0.158 e. The minimum Gasteiger partial charge on any atom is -0.380 e. The molecule has 0 aromatic carbocycles. The molecule has 0 spiro atoms. The van der Waals surface area contributed by atoms with Gasteiger partial charge in [-0.2, -0.15) is 0 Å². The zero-order chi connectivity index (χ0) is 10.6. The van der Waals surface area contributed by atoms with Crippen molar-refractivity contribution in [2.24, 2.45) is 5.73 Å². The van der Waals surface area contributed by atoms with Gasteiger partial charge in [0, 0.05) is 6.61 Å². The van der Waals surface area contributed by atoms with Gasteiger partial charge in [0.2, 0.25) is 0 Å². The van der Waals surface area contributed by atoms with E-state index in [9.17, 15) is 8.42 Å². The third-order valence-corrected chi connectivity index (χ3v) is 5.38. The molecule has 2 N–H and O–H groups in total. The standard InChI is InChI=1S/C9H19NO3S/c1-8(4-5-10)14(11,12)9-3-2-6-13-7-9/h8-9H,2-7,10H2,1H3. The highest BCUT2D eigenvalue weighted by Crippen LogP contribution is 2.20. The molecule has 0 radical (unpaired) electrons. The molecule has 0 aromatic rings. The smallest absolute Gasteiger partial charge is 0.158 e. The lowest BCUT2D eigenvalue weighted by molar-refractivity contribution is 0.0989. The van der Waals surface area contributed by atoms with Crippen LogP contribution in [0.1, 0.15) is 26.2 Å². The Balaban J connectivity index is 2.62. The number of rotatable bonds is 4. The molecule has 4 nitrogen and oxygen atoms in total.